The fraction of sp³-hybridized carbons (Fsp3) is 0.174. The molecule has 0 saturated heterocycles. The Morgan fingerprint density at radius 1 is 1.13 bits per heavy atom. The lowest BCUT2D eigenvalue weighted by molar-refractivity contribution is -0.137. The van der Waals surface area contributed by atoms with Gasteiger partial charge in [-0.2, -0.15) is 0 Å². The van der Waals surface area contributed by atoms with E-state index in [2.05, 4.69) is 10.3 Å². The van der Waals surface area contributed by atoms with Crippen molar-refractivity contribution in [2.75, 3.05) is 7.11 Å². The number of nitrogens with one attached hydrogen (secondary N) is 1. The lowest BCUT2D eigenvalue weighted by Gasteiger charge is -2.18. The number of carbonyl (C=O) groups is 2. The van der Waals surface area contributed by atoms with Crippen LogP contribution in [0, 0.1) is 18.6 Å². The van der Waals surface area contributed by atoms with Crippen LogP contribution >= 0.6 is 0 Å². The maximum Gasteiger partial charge on any atom is 0.305 e. The van der Waals surface area contributed by atoms with E-state index in [1.165, 1.54) is 55.6 Å². The van der Waals surface area contributed by atoms with Gasteiger partial charge in [-0.15, -0.1) is 0 Å². The number of hydrogen-bond donors (Lipinski definition) is 2. The van der Waals surface area contributed by atoms with Crippen LogP contribution in [0.25, 0.3) is 11.3 Å². The van der Waals surface area contributed by atoms with Crippen molar-refractivity contribution in [3.8, 4) is 17.0 Å². The van der Waals surface area contributed by atoms with Crippen molar-refractivity contribution >= 4 is 11.9 Å². The van der Waals surface area contributed by atoms with E-state index < -0.39 is 36.0 Å². The number of ether oxygens (including phenoxy) is 1. The molecule has 160 valence electrons. The van der Waals surface area contributed by atoms with E-state index in [1.807, 2.05) is 0 Å². The maximum atomic E-state index is 14.2. The maximum absolute atomic E-state index is 14.2. The summed E-state index contributed by atoms with van der Waals surface area (Å²) in [5.74, 6) is -2.53. The minimum absolute atomic E-state index is 0.0220. The molecule has 8 heteroatoms. The number of benzene rings is 2. The van der Waals surface area contributed by atoms with Crippen LogP contribution in [0.5, 0.6) is 5.75 Å². The first-order chi connectivity index (χ1) is 14.8. The highest BCUT2D eigenvalue weighted by atomic mass is 19.1. The first kappa shape index (κ1) is 21.9. The molecule has 6 nitrogen and oxygen atoms in total. The Morgan fingerprint density at radius 2 is 1.87 bits per heavy atom. The number of carbonyl (C=O) groups excluding carboxylic acids is 1. The molecular formula is C23H20F2N2O4. The number of rotatable bonds is 7. The summed E-state index contributed by atoms with van der Waals surface area (Å²) in [7, 11) is 1.44. The summed E-state index contributed by atoms with van der Waals surface area (Å²) in [5, 5.41) is 11.7. The zero-order chi connectivity index (χ0) is 22.5. The lowest BCUT2D eigenvalue weighted by Crippen LogP contribution is -2.31. The molecule has 3 aromatic rings. The number of halogens is 2. The zero-order valence-electron chi connectivity index (χ0n) is 16.9. The van der Waals surface area contributed by atoms with Crippen molar-refractivity contribution in [1.82, 2.24) is 10.3 Å². The standard InChI is InChI=1S/C23H20F2N2O4/c1-13-11-14(24)7-8-15(13)22-20(31-2)10-9-18(26-22)23(30)27-19(12-21(28)29)16-5-3-4-6-17(16)25/h3-11,19H,12H2,1-2H3,(H,27,30)(H,28,29). The fourth-order valence-electron chi connectivity index (χ4n) is 3.23. The molecule has 3 rings (SSSR count). The number of amides is 1. The molecule has 0 saturated carbocycles. The van der Waals surface area contributed by atoms with E-state index in [1.54, 1.807) is 13.0 Å². The SMILES string of the molecule is COc1ccc(C(=O)NC(CC(=O)O)c2ccccc2F)nc1-c1ccc(F)cc1C. The third-order valence-electron chi connectivity index (χ3n) is 4.72. The Bertz CT molecular complexity index is 1130. The van der Waals surface area contributed by atoms with Crippen molar-refractivity contribution in [1.29, 1.82) is 0 Å². The van der Waals surface area contributed by atoms with Crippen LogP contribution in [0.2, 0.25) is 0 Å². The zero-order valence-corrected chi connectivity index (χ0v) is 16.9. The van der Waals surface area contributed by atoms with Crippen LogP contribution in [0.4, 0.5) is 8.78 Å². The Hall–Kier alpha value is -3.81. The number of aliphatic carboxylic acids is 1. The van der Waals surface area contributed by atoms with Gasteiger partial charge in [0.15, 0.2) is 0 Å². The minimum Gasteiger partial charge on any atom is -0.494 e. The highest BCUT2D eigenvalue weighted by molar-refractivity contribution is 5.94. The van der Waals surface area contributed by atoms with Gasteiger partial charge in [0, 0.05) is 11.1 Å². The van der Waals surface area contributed by atoms with E-state index in [4.69, 9.17) is 4.74 Å². The van der Waals surface area contributed by atoms with E-state index in [9.17, 15) is 23.5 Å². The normalized spacial score (nSPS) is 11.6. The first-order valence-electron chi connectivity index (χ1n) is 9.38. The summed E-state index contributed by atoms with van der Waals surface area (Å²) in [6.07, 6.45) is -0.507. The second-order valence-corrected chi connectivity index (χ2v) is 6.85. The number of nitrogens with zero attached hydrogens (tertiary/aromatic N) is 1. The third-order valence-corrected chi connectivity index (χ3v) is 4.72. The number of carboxylic acid groups (broad SMARTS) is 1. The third kappa shape index (κ3) is 5.03. The molecule has 1 atom stereocenters. The largest absolute Gasteiger partial charge is 0.494 e. The Morgan fingerprint density at radius 3 is 2.52 bits per heavy atom. The number of carboxylic acids is 1. The molecule has 0 bridgehead atoms. The van der Waals surface area contributed by atoms with Gasteiger partial charge in [-0.25, -0.2) is 13.8 Å². The predicted octanol–water partition coefficient (Wildman–Crippen LogP) is 4.29. The number of methoxy groups -OCH3 is 1. The second kappa shape index (κ2) is 9.34. The first-order valence-corrected chi connectivity index (χ1v) is 9.38. The van der Waals surface area contributed by atoms with E-state index in [0.717, 1.165) is 0 Å². The molecule has 1 heterocycles. The number of pyridine rings is 1. The molecule has 1 aromatic heterocycles. The average molecular weight is 426 g/mol. The van der Waals surface area contributed by atoms with Crippen LogP contribution in [-0.4, -0.2) is 29.1 Å². The second-order valence-electron chi connectivity index (χ2n) is 6.85. The van der Waals surface area contributed by atoms with Gasteiger partial charge >= 0.3 is 5.97 Å². The van der Waals surface area contributed by atoms with Crippen molar-refractivity contribution in [3.63, 3.8) is 0 Å². The topological polar surface area (TPSA) is 88.5 Å². The van der Waals surface area contributed by atoms with E-state index in [-0.39, 0.29) is 11.3 Å². The smallest absolute Gasteiger partial charge is 0.305 e. The fourth-order valence-corrected chi connectivity index (χ4v) is 3.23. The van der Waals surface area contributed by atoms with Crippen LogP contribution < -0.4 is 10.1 Å². The molecule has 0 aliphatic carbocycles. The molecule has 2 N–H and O–H groups in total. The Labute approximate surface area is 177 Å². The van der Waals surface area contributed by atoms with Gasteiger partial charge in [0.2, 0.25) is 0 Å². The van der Waals surface area contributed by atoms with Crippen molar-refractivity contribution in [3.05, 3.63) is 83.1 Å². The van der Waals surface area contributed by atoms with Crippen molar-refractivity contribution in [2.45, 2.75) is 19.4 Å². The van der Waals surface area contributed by atoms with Gasteiger partial charge in [0.05, 0.1) is 19.6 Å². The summed E-state index contributed by atoms with van der Waals surface area (Å²) in [5.41, 5.74) is 1.53. The average Bonchev–Trinajstić information content (AvgIpc) is 2.73. The summed E-state index contributed by atoms with van der Waals surface area (Å²) in [4.78, 5) is 28.5. The molecule has 1 unspecified atom stereocenters. The van der Waals surface area contributed by atoms with Crippen LogP contribution in [-0.2, 0) is 4.79 Å². The van der Waals surface area contributed by atoms with Crippen LogP contribution in [0.1, 0.15) is 34.1 Å². The van der Waals surface area contributed by atoms with Gasteiger partial charge in [-0.3, -0.25) is 9.59 Å². The van der Waals surface area contributed by atoms with Gasteiger partial charge < -0.3 is 15.2 Å². The summed E-state index contributed by atoms with van der Waals surface area (Å²) >= 11 is 0. The van der Waals surface area contributed by atoms with E-state index in [0.29, 0.717) is 22.6 Å². The minimum atomic E-state index is -1.20. The number of aromatic nitrogens is 1. The van der Waals surface area contributed by atoms with E-state index >= 15 is 0 Å². The molecule has 0 fully saturated rings. The quantitative estimate of drug-likeness (QED) is 0.588. The Balaban J connectivity index is 1.97. The molecule has 0 spiro atoms. The molecule has 0 aliphatic rings. The van der Waals surface area contributed by atoms with Crippen molar-refractivity contribution < 1.29 is 28.2 Å². The van der Waals surface area contributed by atoms with Gasteiger partial charge in [-0.1, -0.05) is 18.2 Å². The summed E-state index contributed by atoms with van der Waals surface area (Å²) in [6, 6.07) is 11.6. The van der Waals surface area contributed by atoms with Crippen LogP contribution in [0.3, 0.4) is 0 Å². The number of aryl methyl sites for hydroxylation is 1. The highest BCUT2D eigenvalue weighted by Gasteiger charge is 2.23. The molecule has 1 amide bonds. The van der Waals surface area contributed by atoms with Crippen LogP contribution in [0.15, 0.2) is 54.6 Å². The monoisotopic (exact) mass is 426 g/mol. The van der Waals surface area contributed by atoms with Crippen molar-refractivity contribution in [2.24, 2.45) is 0 Å². The molecule has 0 radical (unpaired) electrons. The molecule has 0 aliphatic heterocycles. The summed E-state index contributed by atoms with van der Waals surface area (Å²) in [6.45, 7) is 1.70. The van der Waals surface area contributed by atoms with Gasteiger partial charge in [-0.05, 0) is 48.9 Å². The lowest BCUT2D eigenvalue weighted by atomic mass is 10.0. The predicted molar refractivity (Wildman–Crippen MR) is 110 cm³/mol. The molecular weight excluding hydrogens is 406 g/mol. The summed E-state index contributed by atoms with van der Waals surface area (Å²) < 4.78 is 33.0. The molecule has 31 heavy (non-hydrogen) atoms. The van der Waals surface area contributed by atoms with Gasteiger partial charge in [0.1, 0.15) is 28.8 Å². The molecule has 2 aromatic carbocycles. The Kier molecular flexibility index (Phi) is 6.59. The highest BCUT2D eigenvalue weighted by Crippen LogP contribution is 2.31. The number of hydrogen-bond acceptors (Lipinski definition) is 4. The van der Waals surface area contributed by atoms with Gasteiger partial charge in [0.25, 0.3) is 5.91 Å².